The summed E-state index contributed by atoms with van der Waals surface area (Å²) in [5.41, 5.74) is 1.80. The average molecular weight is 274 g/mol. The minimum atomic E-state index is -1.02. The van der Waals surface area contributed by atoms with Gasteiger partial charge in [-0.15, -0.1) is 11.3 Å². The fourth-order valence-electron chi connectivity index (χ4n) is 1.94. The van der Waals surface area contributed by atoms with Crippen LogP contribution < -0.4 is 0 Å². The number of thiazole rings is 1. The molecule has 3 aromatic rings. The van der Waals surface area contributed by atoms with E-state index in [0.29, 0.717) is 17.0 Å². The Kier molecular flexibility index (Phi) is 2.60. The number of aryl methyl sites for hydroxylation is 2. The van der Waals surface area contributed by atoms with Crippen molar-refractivity contribution in [3.05, 3.63) is 34.5 Å². The van der Waals surface area contributed by atoms with Crippen LogP contribution in [-0.2, 0) is 0 Å². The molecule has 0 fully saturated rings. The van der Waals surface area contributed by atoms with Gasteiger partial charge in [0.2, 0.25) is 5.89 Å². The van der Waals surface area contributed by atoms with E-state index in [9.17, 15) is 4.79 Å². The number of nitrogens with zero attached hydrogens (tertiary/aromatic N) is 2. The lowest BCUT2D eigenvalue weighted by Gasteiger charge is -1.93. The number of hydrogen-bond donors (Lipinski definition) is 1. The van der Waals surface area contributed by atoms with Crippen LogP contribution in [0.1, 0.15) is 21.1 Å². The molecule has 0 aliphatic rings. The Balaban J connectivity index is 2.25. The topological polar surface area (TPSA) is 76.2 Å². The van der Waals surface area contributed by atoms with E-state index >= 15 is 0 Å². The largest absolute Gasteiger partial charge is 0.478 e. The van der Waals surface area contributed by atoms with Crippen LogP contribution in [0.25, 0.3) is 21.9 Å². The van der Waals surface area contributed by atoms with E-state index in [1.807, 2.05) is 13.8 Å². The van der Waals surface area contributed by atoms with Crippen molar-refractivity contribution in [2.24, 2.45) is 0 Å². The van der Waals surface area contributed by atoms with Crippen LogP contribution in [0, 0.1) is 13.8 Å². The standard InChI is InChI=1S/C13H10N2O3S/c1-6-11(19-7(2)14-6)12-15-9-5-3-4-8(13(16)17)10(9)18-12/h3-5H,1-2H3,(H,16,17). The summed E-state index contributed by atoms with van der Waals surface area (Å²) in [6.45, 7) is 3.79. The second-order valence-electron chi connectivity index (χ2n) is 4.13. The Morgan fingerprint density at radius 3 is 2.74 bits per heavy atom. The number of carbonyl (C=O) groups is 1. The molecule has 0 amide bonds. The molecule has 0 atom stereocenters. The molecule has 96 valence electrons. The predicted molar refractivity (Wildman–Crippen MR) is 71.6 cm³/mol. The average Bonchev–Trinajstić information content (AvgIpc) is 2.91. The summed E-state index contributed by atoms with van der Waals surface area (Å²) in [5.74, 6) is -0.600. The number of aromatic carboxylic acids is 1. The van der Waals surface area contributed by atoms with Crippen molar-refractivity contribution in [1.82, 2.24) is 9.97 Å². The molecule has 3 rings (SSSR count). The van der Waals surface area contributed by atoms with Gasteiger partial charge in [0.25, 0.3) is 0 Å². The lowest BCUT2D eigenvalue weighted by Crippen LogP contribution is -1.95. The van der Waals surface area contributed by atoms with Gasteiger partial charge in [-0.25, -0.2) is 14.8 Å². The van der Waals surface area contributed by atoms with Gasteiger partial charge in [0.05, 0.1) is 10.7 Å². The third kappa shape index (κ3) is 1.90. The number of fused-ring (bicyclic) bond motifs is 1. The Labute approximate surface area is 112 Å². The predicted octanol–water partition coefficient (Wildman–Crippen LogP) is 3.27. The number of carboxylic acids is 1. The molecule has 1 aromatic carbocycles. The van der Waals surface area contributed by atoms with Crippen LogP contribution in [0.15, 0.2) is 22.6 Å². The van der Waals surface area contributed by atoms with Crippen LogP contribution in [0.5, 0.6) is 0 Å². The van der Waals surface area contributed by atoms with Gasteiger partial charge in [-0.1, -0.05) is 6.07 Å². The summed E-state index contributed by atoms with van der Waals surface area (Å²) in [5, 5.41) is 10.0. The zero-order chi connectivity index (χ0) is 13.6. The number of rotatable bonds is 2. The van der Waals surface area contributed by atoms with Gasteiger partial charge in [0.1, 0.15) is 16.0 Å². The summed E-state index contributed by atoms with van der Waals surface area (Å²) in [7, 11) is 0. The highest BCUT2D eigenvalue weighted by molar-refractivity contribution is 7.15. The van der Waals surface area contributed by atoms with Crippen molar-refractivity contribution < 1.29 is 14.3 Å². The van der Waals surface area contributed by atoms with Crippen LogP contribution in [0.3, 0.4) is 0 Å². The van der Waals surface area contributed by atoms with Gasteiger partial charge in [-0.2, -0.15) is 0 Å². The third-order valence-corrected chi connectivity index (χ3v) is 3.80. The monoisotopic (exact) mass is 274 g/mol. The Bertz CT molecular complexity index is 788. The van der Waals surface area contributed by atoms with Crippen molar-refractivity contribution in [3.8, 4) is 10.8 Å². The summed E-state index contributed by atoms with van der Waals surface area (Å²) in [4.78, 5) is 20.6. The third-order valence-electron chi connectivity index (χ3n) is 2.74. The fraction of sp³-hybridized carbons (Fsp3) is 0.154. The molecule has 5 nitrogen and oxygen atoms in total. The van der Waals surface area contributed by atoms with Crippen molar-refractivity contribution in [2.45, 2.75) is 13.8 Å². The van der Waals surface area contributed by atoms with Gasteiger partial charge in [-0.05, 0) is 26.0 Å². The Morgan fingerprint density at radius 1 is 1.32 bits per heavy atom. The number of hydrogen-bond acceptors (Lipinski definition) is 5. The first kappa shape index (κ1) is 11.9. The zero-order valence-corrected chi connectivity index (χ0v) is 11.1. The van der Waals surface area contributed by atoms with E-state index in [0.717, 1.165) is 15.6 Å². The van der Waals surface area contributed by atoms with E-state index in [-0.39, 0.29) is 5.56 Å². The van der Waals surface area contributed by atoms with E-state index < -0.39 is 5.97 Å². The highest BCUT2D eigenvalue weighted by Crippen LogP contribution is 2.32. The fourth-order valence-corrected chi connectivity index (χ4v) is 2.79. The molecule has 6 heteroatoms. The minimum Gasteiger partial charge on any atom is -0.478 e. The molecule has 0 aliphatic carbocycles. The number of benzene rings is 1. The minimum absolute atomic E-state index is 0.121. The van der Waals surface area contributed by atoms with E-state index in [4.69, 9.17) is 9.52 Å². The molecule has 2 aromatic heterocycles. The summed E-state index contributed by atoms with van der Waals surface area (Å²) in [6.07, 6.45) is 0. The Hall–Kier alpha value is -2.21. The molecule has 0 spiro atoms. The van der Waals surface area contributed by atoms with Gasteiger partial charge in [-0.3, -0.25) is 0 Å². The normalized spacial score (nSPS) is 11.1. The molecule has 0 saturated heterocycles. The van der Waals surface area contributed by atoms with Gasteiger partial charge < -0.3 is 9.52 Å². The van der Waals surface area contributed by atoms with Crippen molar-refractivity contribution in [2.75, 3.05) is 0 Å². The van der Waals surface area contributed by atoms with Crippen LogP contribution in [-0.4, -0.2) is 21.0 Å². The van der Waals surface area contributed by atoms with Crippen LogP contribution in [0.2, 0.25) is 0 Å². The summed E-state index contributed by atoms with van der Waals surface area (Å²) in [6, 6.07) is 4.89. The lowest BCUT2D eigenvalue weighted by atomic mass is 10.2. The number of aromatic nitrogens is 2. The maximum Gasteiger partial charge on any atom is 0.339 e. The van der Waals surface area contributed by atoms with Crippen molar-refractivity contribution in [3.63, 3.8) is 0 Å². The lowest BCUT2D eigenvalue weighted by molar-refractivity contribution is 0.0698. The quantitative estimate of drug-likeness (QED) is 0.776. The molecule has 0 saturated carbocycles. The Morgan fingerprint density at radius 2 is 2.11 bits per heavy atom. The highest BCUT2D eigenvalue weighted by Gasteiger charge is 2.18. The van der Waals surface area contributed by atoms with Crippen molar-refractivity contribution in [1.29, 1.82) is 0 Å². The molecule has 2 heterocycles. The van der Waals surface area contributed by atoms with E-state index in [2.05, 4.69) is 9.97 Å². The second kappa shape index (κ2) is 4.17. The van der Waals surface area contributed by atoms with E-state index in [1.165, 1.54) is 17.4 Å². The van der Waals surface area contributed by atoms with Crippen LogP contribution in [0.4, 0.5) is 0 Å². The van der Waals surface area contributed by atoms with Crippen molar-refractivity contribution >= 4 is 28.4 Å². The second-order valence-corrected chi connectivity index (χ2v) is 5.33. The SMILES string of the molecule is Cc1nc(C)c(-c2nc3cccc(C(=O)O)c3o2)s1. The van der Waals surface area contributed by atoms with Crippen LogP contribution >= 0.6 is 11.3 Å². The first-order valence-electron chi connectivity index (χ1n) is 5.63. The van der Waals surface area contributed by atoms with E-state index in [1.54, 1.807) is 12.1 Å². The number of para-hydroxylation sites is 1. The van der Waals surface area contributed by atoms with Gasteiger partial charge in [0, 0.05) is 0 Å². The molecular formula is C13H10N2O3S. The highest BCUT2D eigenvalue weighted by atomic mass is 32.1. The first-order valence-corrected chi connectivity index (χ1v) is 6.45. The van der Waals surface area contributed by atoms with Gasteiger partial charge in [0.15, 0.2) is 5.58 Å². The van der Waals surface area contributed by atoms with Gasteiger partial charge >= 0.3 is 5.97 Å². The molecule has 1 N–H and O–H groups in total. The first-order chi connectivity index (χ1) is 9.06. The molecule has 19 heavy (non-hydrogen) atoms. The zero-order valence-electron chi connectivity index (χ0n) is 10.3. The maximum atomic E-state index is 11.1. The number of carboxylic acid groups (broad SMARTS) is 1. The molecule has 0 radical (unpaired) electrons. The molecule has 0 unspecified atom stereocenters. The molecular weight excluding hydrogens is 264 g/mol. The smallest absolute Gasteiger partial charge is 0.339 e. The molecule has 0 bridgehead atoms. The number of oxazole rings is 1. The summed E-state index contributed by atoms with van der Waals surface area (Å²) >= 11 is 1.48. The molecule has 0 aliphatic heterocycles. The summed E-state index contributed by atoms with van der Waals surface area (Å²) < 4.78 is 5.62. The maximum absolute atomic E-state index is 11.1.